The minimum Gasteiger partial charge on any atom is -0.310 e. The van der Waals surface area contributed by atoms with Gasteiger partial charge >= 0.3 is 0 Å². The summed E-state index contributed by atoms with van der Waals surface area (Å²) in [4.78, 5) is 2.48. The number of anilines is 3. The highest BCUT2D eigenvalue weighted by molar-refractivity contribution is 7.25. The Morgan fingerprint density at radius 2 is 1.08 bits per heavy atom. The van der Waals surface area contributed by atoms with Crippen molar-refractivity contribution >= 4 is 59.3 Å². The Hall–Kier alpha value is -5.18. The molecule has 0 amide bonds. The van der Waals surface area contributed by atoms with Crippen molar-refractivity contribution in [1.82, 2.24) is 0 Å². The van der Waals surface area contributed by atoms with Gasteiger partial charge in [-0.25, -0.2) is 0 Å². The van der Waals surface area contributed by atoms with Crippen LogP contribution in [0.4, 0.5) is 17.1 Å². The molecule has 4 fully saturated rings. The third-order valence-electron chi connectivity index (χ3n) is 13.6. The predicted molar refractivity (Wildman–Crippen MR) is 220 cm³/mol. The van der Waals surface area contributed by atoms with Crippen LogP contribution in [0.2, 0.25) is 0 Å². The summed E-state index contributed by atoms with van der Waals surface area (Å²) in [5.74, 6) is 3.43. The van der Waals surface area contributed by atoms with Crippen LogP contribution in [0.15, 0.2) is 152 Å². The van der Waals surface area contributed by atoms with E-state index in [2.05, 4.69) is 157 Å². The zero-order valence-electron chi connectivity index (χ0n) is 29.1. The molecule has 0 N–H and O–H groups in total. The molecule has 0 saturated heterocycles. The zero-order chi connectivity index (χ0) is 34.0. The first-order valence-corrected chi connectivity index (χ1v) is 20.1. The van der Waals surface area contributed by atoms with E-state index >= 15 is 0 Å². The second kappa shape index (κ2) is 10.9. The standard InChI is InChI=1S/C50H39NS/c1-2-8-35-28-40(19-15-33(35)7-1)51(39-17-13-34(14-18-39)36-16-22-49-45(29-36)43-10-4-6-12-48(43)52-49)41-20-21-47-44(30-41)42-9-3-5-11-46(42)50(47)37-24-31-23-32(26-37)27-38(50)25-31/h1-22,28-32,37-38H,23-27H2. The van der Waals surface area contributed by atoms with Gasteiger partial charge in [0.05, 0.1) is 0 Å². The summed E-state index contributed by atoms with van der Waals surface area (Å²) in [6, 6.07) is 57.7. The molecule has 1 nitrogen and oxygen atoms in total. The molecule has 1 spiro atoms. The van der Waals surface area contributed by atoms with Crippen LogP contribution in [0.25, 0.3) is 53.2 Å². The maximum Gasteiger partial charge on any atom is 0.0468 e. The largest absolute Gasteiger partial charge is 0.310 e. The van der Waals surface area contributed by atoms with Crippen LogP contribution in [0.3, 0.4) is 0 Å². The average molecular weight is 686 g/mol. The fourth-order valence-corrected chi connectivity index (χ4v) is 12.8. The molecule has 5 aliphatic carbocycles. The summed E-state index contributed by atoms with van der Waals surface area (Å²) in [5, 5.41) is 5.22. The molecule has 52 heavy (non-hydrogen) atoms. The fourth-order valence-electron chi connectivity index (χ4n) is 11.8. The first kappa shape index (κ1) is 29.4. The summed E-state index contributed by atoms with van der Waals surface area (Å²) in [6.07, 6.45) is 7.12. The maximum absolute atomic E-state index is 2.55. The van der Waals surface area contributed by atoms with Crippen LogP contribution < -0.4 is 4.90 Å². The predicted octanol–water partition coefficient (Wildman–Crippen LogP) is 14.1. The van der Waals surface area contributed by atoms with Crippen molar-refractivity contribution in [3.8, 4) is 22.3 Å². The molecule has 4 saturated carbocycles. The van der Waals surface area contributed by atoms with Crippen molar-refractivity contribution in [2.75, 3.05) is 4.90 Å². The van der Waals surface area contributed by atoms with Gasteiger partial charge in [-0.1, -0.05) is 97.1 Å². The second-order valence-corrected chi connectivity index (χ2v) is 17.3. The van der Waals surface area contributed by atoms with Crippen molar-refractivity contribution in [3.63, 3.8) is 0 Å². The van der Waals surface area contributed by atoms with Crippen LogP contribution in [0, 0.1) is 23.7 Å². The van der Waals surface area contributed by atoms with Crippen LogP contribution in [-0.4, -0.2) is 0 Å². The van der Waals surface area contributed by atoms with Crippen LogP contribution in [0.5, 0.6) is 0 Å². The Kier molecular flexibility index (Phi) is 6.17. The van der Waals surface area contributed by atoms with Crippen LogP contribution >= 0.6 is 11.3 Å². The normalized spacial score (nSPS) is 23.8. The molecule has 0 aliphatic heterocycles. The molecule has 13 rings (SSSR count). The van der Waals surface area contributed by atoms with Gasteiger partial charge in [0.1, 0.15) is 0 Å². The highest BCUT2D eigenvalue weighted by Gasteiger charge is 2.61. The smallest absolute Gasteiger partial charge is 0.0468 e. The van der Waals surface area contributed by atoms with Gasteiger partial charge in [0.15, 0.2) is 0 Å². The Morgan fingerprint density at radius 3 is 1.92 bits per heavy atom. The molecule has 4 bridgehead atoms. The summed E-state index contributed by atoms with van der Waals surface area (Å²) in [6.45, 7) is 0. The second-order valence-electron chi connectivity index (χ2n) is 16.2. The lowest BCUT2D eigenvalue weighted by Gasteiger charge is -2.61. The SMILES string of the molecule is c1ccc2c(c1)-c1cc(N(c3ccc(-c4ccc5sc6ccccc6c5c4)cc3)c3ccc4ccccc4c3)ccc1C21C2CC3CC(C2)CC1C3. The van der Waals surface area contributed by atoms with Crippen molar-refractivity contribution in [1.29, 1.82) is 0 Å². The lowest BCUT2D eigenvalue weighted by molar-refractivity contribution is -0.0399. The molecule has 5 aliphatic rings. The topological polar surface area (TPSA) is 3.24 Å². The van der Waals surface area contributed by atoms with Gasteiger partial charge in [-0.05, 0) is 155 Å². The van der Waals surface area contributed by atoms with E-state index in [-0.39, 0.29) is 5.41 Å². The number of hydrogen-bond acceptors (Lipinski definition) is 2. The van der Waals surface area contributed by atoms with Crippen molar-refractivity contribution in [2.24, 2.45) is 23.7 Å². The lowest BCUT2D eigenvalue weighted by Crippen LogP contribution is -2.55. The lowest BCUT2D eigenvalue weighted by atomic mass is 9.43. The molecule has 1 heterocycles. The summed E-state index contributed by atoms with van der Waals surface area (Å²) >= 11 is 1.88. The molecule has 8 aromatic rings. The van der Waals surface area contributed by atoms with E-state index in [9.17, 15) is 0 Å². The Balaban J connectivity index is 1.00. The number of hydrogen-bond donors (Lipinski definition) is 0. The van der Waals surface area contributed by atoms with E-state index < -0.39 is 0 Å². The van der Waals surface area contributed by atoms with E-state index in [1.807, 2.05) is 11.3 Å². The zero-order valence-corrected chi connectivity index (χ0v) is 30.0. The molecule has 2 heteroatoms. The molecule has 0 radical (unpaired) electrons. The molecular weight excluding hydrogens is 647 g/mol. The van der Waals surface area contributed by atoms with Crippen molar-refractivity contribution in [3.05, 3.63) is 163 Å². The molecular formula is C50H39NS. The first-order chi connectivity index (χ1) is 25.7. The number of nitrogens with zero attached hydrogens (tertiary/aromatic N) is 1. The minimum absolute atomic E-state index is 0.183. The summed E-state index contributed by atoms with van der Waals surface area (Å²) < 4.78 is 2.69. The van der Waals surface area contributed by atoms with E-state index in [1.165, 1.54) is 102 Å². The van der Waals surface area contributed by atoms with Gasteiger partial charge < -0.3 is 4.90 Å². The van der Waals surface area contributed by atoms with Gasteiger partial charge in [-0.2, -0.15) is 0 Å². The highest BCUT2D eigenvalue weighted by atomic mass is 32.1. The minimum atomic E-state index is 0.183. The van der Waals surface area contributed by atoms with Crippen molar-refractivity contribution in [2.45, 2.75) is 37.5 Å². The monoisotopic (exact) mass is 685 g/mol. The number of fused-ring (bicyclic) bond motifs is 7. The summed E-state index contributed by atoms with van der Waals surface area (Å²) in [5.41, 5.74) is 12.4. The van der Waals surface area contributed by atoms with E-state index in [0.29, 0.717) is 0 Å². The Labute approximate surface area is 309 Å². The maximum atomic E-state index is 2.55. The van der Waals surface area contributed by atoms with Gasteiger partial charge in [0.25, 0.3) is 0 Å². The van der Waals surface area contributed by atoms with Crippen LogP contribution in [-0.2, 0) is 5.41 Å². The molecule has 0 atom stereocenters. The molecule has 0 unspecified atom stereocenters. The molecule has 250 valence electrons. The van der Waals surface area contributed by atoms with Crippen molar-refractivity contribution < 1.29 is 0 Å². The Morgan fingerprint density at radius 1 is 0.442 bits per heavy atom. The quantitative estimate of drug-likeness (QED) is 0.178. The van der Waals surface area contributed by atoms with Gasteiger partial charge in [-0.15, -0.1) is 11.3 Å². The first-order valence-electron chi connectivity index (χ1n) is 19.3. The van der Waals surface area contributed by atoms with Gasteiger partial charge in [0, 0.05) is 42.6 Å². The third kappa shape index (κ3) is 4.10. The van der Waals surface area contributed by atoms with Gasteiger partial charge in [0.2, 0.25) is 0 Å². The number of benzene rings is 7. The summed E-state index contributed by atoms with van der Waals surface area (Å²) in [7, 11) is 0. The van der Waals surface area contributed by atoms with Crippen LogP contribution in [0.1, 0.15) is 43.2 Å². The fraction of sp³-hybridized carbons (Fsp3) is 0.200. The number of rotatable bonds is 4. The molecule has 1 aromatic heterocycles. The van der Waals surface area contributed by atoms with E-state index in [0.717, 1.165) is 23.7 Å². The highest BCUT2D eigenvalue weighted by Crippen LogP contribution is 2.69. The Bertz CT molecular complexity index is 2690. The third-order valence-corrected chi connectivity index (χ3v) is 14.8. The van der Waals surface area contributed by atoms with Gasteiger partial charge in [-0.3, -0.25) is 0 Å². The number of thiophene rings is 1. The van der Waals surface area contributed by atoms with E-state index in [4.69, 9.17) is 0 Å². The molecule has 7 aromatic carbocycles. The average Bonchev–Trinajstić information content (AvgIpc) is 3.70. The van der Waals surface area contributed by atoms with E-state index in [1.54, 1.807) is 11.1 Å².